The van der Waals surface area contributed by atoms with E-state index in [2.05, 4.69) is 12.2 Å². The first-order valence-corrected chi connectivity index (χ1v) is 11.9. The molecule has 1 fully saturated rings. The number of hydrogen-bond acceptors (Lipinski definition) is 3. The van der Waals surface area contributed by atoms with Crippen LogP contribution in [-0.2, 0) is 9.59 Å². The molecule has 0 radical (unpaired) electrons. The SMILES string of the molecule is CCCCCCCC[C@@H](C(=O)N(CC(C)(C)C)C(=O)NC)[C@@H](C(=O)O)C1CCCC1. The molecule has 1 aliphatic carbocycles. The van der Waals surface area contributed by atoms with Gasteiger partial charge in [0.15, 0.2) is 0 Å². The van der Waals surface area contributed by atoms with Crippen molar-refractivity contribution in [3.8, 4) is 0 Å². The van der Waals surface area contributed by atoms with Crippen LogP contribution in [0.4, 0.5) is 4.79 Å². The first kappa shape index (κ1) is 26.4. The van der Waals surface area contributed by atoms with Gasteiger partial charge >= 0.3 is 12.0 Å². The lowest BCUT2D eigenvalue weighted by Crippen LogP contribution is -2.51. The maximum Gasteiger partial charge on any atom is 0.323 e. The second kappa shape index (κ2) is 13.0. The molecule has 1 rings (SSSR count). The van der Waals surface area contributed by atoms with Crippen molar-refractivity contribution in [3.05, 3.63) is 0 Å². The summed E-state index contributed by atoms with van der Waals surface area (Å²) in [7, 11) is 1.51. The lowest BCUT2D eigenvalue weighted by molar-refractivity contribution is -0.152. The molecule has 1 saturated carbocycles. The molecule has 3 amide bonds. The van der Waals surface area contributed by atoms with Crippen LogP contribution >= 0.6 is 0 Å². The zero-order chi connectivity index (χ0) is 22.7. The molecule has 0 aliphatic heterocycles. The molecule has 0 heterocycles. The zero-order valence-corrected chi connectivity index (χ0v) is 19.8. The summed E-state index contributed by atoms with van der Waals surface area (Å²) < 4.78 is 0. The van der Waals surface area contributed by atoms with Crippen LogP contribution in [-0.4, -0.2) is 41.5 Å². The molecule has 0 saturated heterocycles. The topological polar surface area (TPSA) is 86.7 Å². The maximum absolute atomic E-state index is 13.6. The monoisotopic (exact) mass is 424 g/mol. The molecule has 174 valence electrons. The van der Waals surface area contributed by atoms with Gasteiger partial charge in [0.2, 0.25) is 5.91 Å². The van der Waals surface area contributed by atoms with Crippen LogP contribution < -0.4 is 5.32 Å². The molecule has 0 aromatic carbocycles. The van der Waals surface area contributed by atoms with E-state index in [1.807, 2.05) is 20.8 Å². The summed E-state index contributed by atoms with van der Waals surface area (Å²) in [6.07, 6.45) is 10.8. The molecule has 0 unspecified atom stereocenters. The van der Waals surface area contributed by atoms with Gasteiger partial charge < -0.3 is 10.4 Å². The Morgan fingerprint density at radius 2 is 1.60 bits per heavy atom. The molecule has 1 aliphatic rings. The van der Waals surface area contributed by atoms with Crippen LogP contribution in [0.2, 0.25) is 0 Å². The fourth-order valence-corrected chi connectivity index (χ4v) is 4.68. The van der Waals surface area contributed by atoms with Crippen molar-refractivity contribution in [2.75, 3.05) is 13.6 Å². The molecule has 0 aromatic rings. The summed E-state index contributed by atoms with van der Waals surface area (Å²) in [6.45, 7) is 8.38. The van der Waals surface area contributed by atoms with Crippen LogP contribution in [0.1, 0.15) is 98.3 Å². The maximum atomic E-state index is 13.6. The third-order valence-electron chi connectivity index (χ3n) is 6.17. The molecular formula is C24H44N2O4. The van der Waals surface area contributed by atoms with Gasteiger partial charge in [-0.3, -0.25) is 14.5 Å². The fraction of sp³-hybridized carbons (Fsp3) is 0.875. The van der Waals surface area contributed by atoms with Crippen LogP contribution in [0.15, 0.2) is 0 Å². The second-order valence-electron chi connectivity index (χ2n) is 10.1. The standard InChI is InChI=1S/C24H44N2O4/c1-6-7-8-9-10-11-16-19(20(22(28)29)18-14-12-13-15-18)21(27)26(23(30)25-5)17-24(2,3)4/h18-20H,6-17H2,1-5H3,(H,25,30)(H,28,29)/t19-,20+/m1/s1. The minimum absolute atomic E-state index is 0.0257. The van der Waals surface area contributed by atoms with Crippen molar-refractivity contribution in [1.29, 1.82) is 0 Å². The highest BCUT2D eigenvalue weighted by Crippen LogP contribution is 2.38. The van der Waals surface area contributed by atoms with Crippen molar-refractivity contribution in [2.24, 2.45) is 23.2 Å². The van der Waals surface area contributed by atoms with E-state index in [9.17, 15) is 19.5 Å². The summed E-state index contributed by atoms with van der Waals surface area (Å²) in [5, 5.41) is 12.6. The van der Waals surface area contributed by atoms with Crippen molar-refractivity contribution in [3.63, 3.8) is 0 Å². The van der Waals surface area contributed by atoms with Crippen LogP contribution in [0.3, 0.4) is 0 Å². The van der Waals surface area contributed by atoms with Gasteiger partial charge in [-0.2, -0.15) is 0 Å². The molecule has 6 heteroatoms. The molecule has 2 atom stereocenters. The Labute approximate surface area is 183 Å². The number of carboxylic acid groups (broad SMARTS) is 1. The molecule has 30 heavy (non-hydrogen) atoms. The Morgan fingerprint density at radius 3 is 2.10 bits per heavy atom. The van der Waals surface area contributed by atoms with Crippen LogP contribution in [0.25, 0.3) is 0 Å². The van der Waals surface area contributed by atoms with Crippen molar-refractivity contribution in [1.82, 2.24) is 10.2 Å². The average Bonchev–Trinajstić information content (AvgIpc) is 3.19. The van der Waals surface area contributed by atoms with Gasteiger partial charge in [-0.1, -0.05) is 79.1 Å². The molecule has 0 bridgehead atoms. The summed E-state index contributed by atoms with van der Waals surface area (Å²) >= 11 is 0. The van der Waals surface area contributed by atoms with E-state index in [1.54, 1.807) is 0 Å². The second-order valence-corrected chi connectivity index (χ2v) is 10.1. The van der Waals surface area contributed by atoms with Crippen LogP contribution in [0, 0.1) is 23.2 Å². The van der Waals surface area contributed by atoms with E-state index in [-0.39, 0.29) is 23.8 Å². The minimum Gasteiger partial charge on any atom is -0.481 e. The van der Waals surface area contributed by atoms with Gasteiger partial charge in [-0.25, -0.2) is 4.79 Å². The number of carboxylic acids is 1. The average molecular weight is 425 g/mol. The number of carbonyl (C=O) groups is 3. The number of hydrogen-bond donors (Lipinski definition) is 2. The molecular weight excluding hydrogens is 380 g/mol. The minimum atomic E-state index is -0.890. The van der Waals surface area contributed by atoms with Gasteiger partial charge in [-0.05, 0) is 30.6 Å². The molecule has 6 nitrogen and oxygen atoms in total. The smallest absolute Gasteiger partial charge is 0.323 e. The summed E-state index contributed by atoms with van der Waals surface area (Å²) in [6, 6.07) is -0.446. The number of imide groups is 1. The van der Waals surface area contributed by atoms with Gasteiger partial charge in [0.05, 0.1) is 11.8 Å². The highest BCUT2D eigenvalue weighted by atomic mass is 16.4. The number of urea groups is 1. The predicted octanol–water partition coefficient (Wildman–Crippen LogP) is 5.46. The highest BCUT2D eigenvalue weighted by molar-refractivity contribution is 5.97. The number of unbranched alkanes of at least 4 members (excludes halogenated alkanes) is 5. The van der Waals surface area contributed by atoms with E-state index in [4.69, 9.17) is 0 Å². The Balaban J connectivity index is 3.06. The summed E-state index contributed by atoms with van der Waals surface area (Å²) in [5.74, 6) is -2.53. The molecule has 0 spiro atoms. The van der Waals surface area contributed by atoms with Gasteiger partial charge in [0, 0.05) is 13.6 Å². The lowest BCUT2D eigenvalue weighted by Gasteiger charge is -2.34. The van der Waals surface area contributed by atoms with Crippen molar-refractivity contribution in [2.45, 2.75) is 98.3 Å². The fourth-order valence-electron chi connectivity index (χ4n) is 4.68. The Kier molecular flexibility index (Phi) is 11.4. The third kappa shape index (κ3) is 8.65. The van der Waals surface area contributed by atoms with Gasteiger partial charge in [0.25, 0.3) is 0 Å². The number of carbonyl (C=O) groups excluding carboxylic acids is 2. The Hall–Kier alpha value is -1.59. The van der Waals surface area contributed by atoms with E-state index >= 15 is 0 Å². The number of amides is 3. The van der Waals surface area contributed by atoms with E-state index in [1.165, 1.54) is 31.2 Å². The number of nitrogens with one attached hydrogen (secondary N) is 1. The van der Waals surface area contributed by atoms with Crippen molar-refractivity contribution < 1.29 is 19.5 Å². The number of rotatable bonds is 12. The van der Waals surface area contributed by atoms with Crippen molar-refractivity contribution >= 4 is 17.9 Å². The summed E-state index contributed by atoms with van der Waals surface area (Å²) in [5.41, 5.74) is -0.265. The zero-order valence-electron chi connectivity index (χ0n) is 19.8. The first-order valence-electron chi connectivity index (χ1n) is 11.9. The lowest BCUT2D eigenvalue weighted by atomic mass is 9.77. The molecule has 0 aromatic heterocycles. The molecule has 2 N–H and O–H groups in total. The first-order chi connectivity index (χ1) is 14.1. The third-order valence-corrected chi connectivity index (χ3v) is 6.17. The van der Waals surface area contributed by atoms with Crippen LogP contribution in [0.5, 0.6) is 0 Å². The van der Waals surface area contributed by atoms with Gasteiger partial charge in [-0.15, -0.1) is 0 Å². The normalized spacial score (nSPS) is 16.8. The van der Waals surface area contributed by atoms with E-state index in [0.717, 1.165) is 44.9 Å². The predicted molar refractivity (Wildman–Crippen MR) is 120 cm³/mol. The number of aliphatic carboxylic acids is 1. The largest absolute Gasteiger partial charge is 0.481 e. The van der Waals surface area contributed by atoms with Gasteiger partial charge in [0.1, 0.15) is 0 Å². The Bertz CT molecular complexity index is 550. The van der Waals surface area contributed by atoms with E-state index in [0.29, 0.717) is 6.42 Å². The Morgan fingerprint density at radius 1 is 1.03 bits per heavy atom. The highest BCUT2D eigenvalue weighted by Gasteiger charge is 2.43. The quantitative estimate of drug-likeness (QED) is 0.407. The number of nitrogens with zero attached hydrogens (tertiary/aromatic N) is 1. The van der Waals surface area contributed by atoms with E-state index < -0.39 is 23.8 Å². The summed E-state index contributed by atoms with van der Waals surface area (Å²) in [4.78, 5) is 39.7.